The summed E-state index contributed by atoms with van der Waals surface area (Å²) < 4.78 is 33.2. The molecule has 8 nitrogen and oxygen atoms in total. The van der Waals surface area contributed by atoms with Crippen molar-refractivity contribution in [3.05, 3.63) is 81.1 Å². The number of nitrogens with zero attached hydrogens (tertiary/aromatic N) is 2. The van der Waals surface area contributed by atoms with Gasteiger partial charge in [-0.15, -0.1) is 0 Å². The maximum Gasteiger partial charge on any atom is 0.268 e. The van der Waals surface area contributed by atoms with Crippen LogP contribution in [0.25, 0.3) is 0 Å². The molecule has 0 spiro atoms. The van der Waals surface area contributed by atoms with Crippen LogP contribution in [0.4, 0.5) is 8.78 Å². The highest BCUT2D eigenvalue weighted by Crippen LogP contribution is 2.32. The molecule has 12 heteroatoms. The fourth-order valence-electron chi connectivity index (χ4n) is 4.53. The second kappa shape index (κ2) is 12.3. The van der Waals surface area contributed by atoms with Crippen molar-refractivity contribution in [3.63, 3.8) is 0 Å². The smallest absolute Gasteiger partial charge is 0.268 e. The molecule has 0 bridgehead atoms. The number of hydrogen-bond acceptors (Lipinski definition) is 6. The summed E-state index contributed by atoms with van der Waals surface area (Å²) in [6.07, 6.45) is 4.15. The van der Waals surface area contributed by atoms with Gasteiger partial charge in [-0.3, -0.25) is 14.6 Å². The number of ether oxygens (including phenoxy) is 1. The van der Waals surface area contributed by atoms with Gasteiger partial charge in [-0.25, -0.2) is 8.78 Å². The Morgan fingerprint density at radius 2 is 1.97 bits per heavy atom. The fourth-order valence-corrected chi connectivity index (χ4v) is 5.10. The molecule has 0 aromatic heterocycles. The SMILES string of the molecule is N=C/C(=C\N=CC1CC[C@@H](c2cc(F)ccc2F)OC1)N1CCC(O)(C(=O)NCc2cc(Cl)cc(Cl)c2)C1=O. The van der Waals surface area contributed by atoms with Crippen LogP contribution < -0.4 is 5.32 Å². The maximum absolute atomic E-state index is 14.0. The number of hydrogen-bond donors (Lipinski definition) is 3. The van der Waals surface area contributed by atoms with Crippen LogP contribution >= 0.6 is 23.2 Å². The number of rotatable bonds is 8. The molecule has 39 heavy (non-hydrogen) atoms. The molecule has 2 heterocycles. The van der Waals surface area contributed by atoms with Gasteiger partial charge in [0.1, 0.15) is 11.6 Å². The normalized spacial score (nSPS) is 23.9. The second-order valence-corrected chi connectivity index (χ2v) is 10.2. The predicted molar refractivity (Wildman–Crippen MR) is 143 cm³/mol. The number of likely N-dealkylation sites (tertiary alicyclic amines) is 1. The molecule has 4 rings (SSSR count). The zero-order valence-electron chi connectivity index (χ0n) is 20.7. The number of amides is 2. The maximum atomic E-state index is 14.0. The van der Waals surface area contributed by atoms with E-state index in [0.29, 0.717) is 28.5 Å². The van der Waals surface area contributed by atoms with Gasteiger partial charge in [0.25, 0.3) is 11.8 Å². The molecular formula is C27H26Cl2F2N4O4. The number of carbonyl (C=O) groups excluding carboxylic acids is 2. The zero-order valence-corrected chi connectivity index (χ0v) is 22.2. The molecule has 2 fully saturated rings. The van der Waals surface area contributed by atoms with E-state index in [4.69, 9.17) is 33.3 Å². The first-order valence-electron chi connectivity index (χ1n) is 12.2. The van der Waals surface area contributed by atoms with E-state index in [9.17, 15) is 23.5 Å². The average Bonchev–Trinajstić information content (AvgIpc) is 3.21. The van der Waals surface area contributed by atoms with Gasteiger partial charge in [0.2, 0.25) is 5.60 Å². The Morgan fingerprint density at radius 3 is 2.64 bits per heavy atom. The molecule has 3 atom stereocenters. The highest BCUT2D eigenvalue weighted by Gasteiger charge is 2.52. The summed E-state index contributed by atoms with van der Waals surface area (Å²) in [4.78, 5) is 31.0. The Kier molecular flexibility index (Phi) is 9.12. The third-order valence-corrected chi connectivity index (χ3v) is 7.06. The van der Waals surface area contributed by atoms with E-state index in [-0.39, 0.29) is 43.3 Å². The molecule has 2 aromatic rings. The minimum atomic E-state index is -2.30. The predicted octanol–water partition coefficient (Wildman–Crippen LogP) is 4.58. The lowest BCUT2D eigenvalue weighted by Gasteiger charge is -2.27. The fraction of sp³-hybridized carbons (Fsp3) is 0.333. The van der Waals surface area contributed by atoms with Crippen molar-refractivity contribution in [1.82, 2.24) is 10.2 Å². The van der Waals surface area contributed by atoms with Gasteiger partial charge in [-0.1, -0.05) is 23.2 Å². The van der Waals surface area contributed by atoms with E-state index < -0.39 is 35.2 Å². The molecule has 0 radical (unpaired) electrons. The summed E-state index contributed by atoms with van der Waals surface area (Å²) in [7, 11) is 0. The lowest BCUT2D eigenvalue weighted by atomic mass is 9.95. The Hall–Kier alpha value is -3.18. The summed E-state index contributed by atoms with van der Waals surface area (Å²) in [5.41, 5.74) is -1.43. The number of allylic oxidation sites excluding steroid dienone is 1. The average molecular weight is 579 g/mol. The van der Waals surface area contributed by atoms with Gasteiger partial charge in [-0.05, 0) is 54.8 Å². The molecule has 2 aromatic carbocycles. The van der Waals surface area contributed by atoms with E-state index in [0.717, 1.165) is 29.3 Å². The Labute approximate surface area is 233 Å². The van der Waals surface area contributed by atoms with E-state index in [1.807, 2.05) is 0 Å². The third-order valence-electron chi connectivity index (χ3n) is 6.63. The minimum absolute atomic E-state index is 0.00241. The number of carbonyl (C=O) groups is 2. The second-order valence-electron chi connectivity index (χ2n) is 9.35. The van der Waals surface area contributed by atoms with Crippen LogP contribution in [0.3, 0.4) is 0 Å². The van der Waals surface area contributed by atoms with Crippen molar-refractivity contribution >= 4 is 47.4 Å². The van der Waals surface area contributed by atoms with Crippen molar-refractivity contribution in [3.8, 4) is 0 Å². The summed E-state index contributed by atoms with van der Waals surface area (Å²) >= 11 is 11.9. The molecule has 2 aliphatic rings. The molecule has 2 amide bonds. The summed E-state index contributed by atoms with van der Waals surface area (Å²) in [5.74, 6) is -2.91. The zero-order chi connectivity index (χ0) is 28.2. The lowest BCUT2D eigenvalue weighted by Crippen LogP contribution is -2.52. The number of aliphatic hydroxyl groups is 1. The van der Waals surface area contributed by atoms with E-state index in [1.54, 1.807) is 24.4 Å². The first-order valence-corrected chi connectivity index (χ1v) is 12.9. The van der Waals surface area contributed by atoms with Gasteiger partial charge in [-0.2, -0.15) is 0 Å². The van der Waals surface area contributed by atoms with Gasteiger partial charge in [0, 0.05) is 53.5 Å². The van der Waals surface area contributed by atoms with E-state index in [1.165, 1.54) is 6.20 Å². The Morgan fingerprint density at radius 1 is 1.23 bits per heavy atom. The van der Waals surface area contributed by atoms with E-state index in [2.05, 4.69) is 10.3 Å². The van der Waals surface area contributed by atoms with Crippen molar-refractivity contribution in [1.29, 1.82) is 5.41 Å². The van der Waals surface area contributed by atoms with E-state index >= 15 is 0 Å². The highest BCUT2D eigenvalue weighted by atomic mass is 35.5. The molecular weight excluding hydrogens is 553 g/mol. The Balaban J connectivity index is 1.34. The van der Waals surface area contributed by atoms with Crippen LogP contribution in [-0.2, 0) is 20.9 Å². The number of aliphatic imine (C=N–C) groups is 1. The van der Waals surface area contributed by atoms with Crippen LogP contribution in [0.5, 0.6) is 0 Å². The monoisotopic (exact) mass is 578 g/mol. The Bertz CT molecular complexity index is 1310. The van der Waals surface area contributed by atoms with Gasteiger partial charge in [0.15, 0.2) is 0 Å². The standard InChI is InChI=1S/C27H26Cl2F2N4O4/c28-18-7-17(8-19(29)9-18)13-34-25(36)27(38)5-6-35(26(27)37)21(11-32)14-33-12-16-1-4-24(39-15-16)22-10-20(30)2-3-23(22)31/h2-3,7-12,14,16,24,32,38H,1,4-6,13,15H2,(H,34,36)/b21-14+,32-11?,33-12?/t16?,24-,27?/m0/s1. The molecule has 0 saturated carbocycles. The molecule has 206 valence electrons. The molecule has 0 aliphatic carbocycles. The first kappa shape index (κ1) is 28.8. The summed E-state index contributed by atoms with van der Waals surface area (Å²) in [6.45, 7) is 0.247. The third kappa shape index (κ3) is 6.70. The summed E-state index contributed by atoms with van der Waals surface area (Å²) in [5, 5.41) is 21.9. The van der Waals surface area contributed by atoms with Crippen molar-refractivity contribution in [2.45, 2.75) is 37.5 Å². The number of benzene rings is 2. The molecule has 2 aliphatic heterocycles. The van der Waals surface area contributed by atoms with Crippen molar-refractivity contribution in [2.24, 2.45) is 10.9 Å². The minimum Gasteiger partial charge on any atom is -0.373 e. The molecule has 2 saturated heterocycles. The highest BCUT2D eigenvalue weighted by molar-refractivity contribution is 6.34. The van der Waals surface area contributed by atoms with Gasteiger partial charge < -0.3 is 25.5 Å². The largest absolute Gasteiger partial charge is 0.373 e. The van der Waals surface area contributed by atoms with Crippen LogP contribution in [0.15, 0.2) is 53.3 Å². The molecule has 3 N–H and O–H groups in total. The topological polar surface area (TPSA) is 115 Å². The van der Waals surface area contributed by atoms with Crippen LogP contribution in [-0.4, -0.2) is 53.0 Å². The lowest BCUT2D eigenvalue weighted by molar-refractivity contribution is -0.153. The van der Waals surface area contributed by atoms with Crippen molar-refractivity contribution < 1.29 is 28.2 Å². The summed E-state index contributed by atoms with van der Waals surface area (Å²) in [6, 6.07) is 8.01. The van der Waals surface area contributed by atoms with Gasteiger partial charge >= 0.3 is 0 Å². The number of nitrogens with one attached hydrogen (secondary N) is 2. The molecule has 2 unspecified atom stereocenters. The number of halogens is 4. The van der Waals surface area contributed by atoms with Crippen LogP contribution in [0, 0.1) is 23.0 Å². The van der Waals surface area contributed by atoms with Crippen molar-refractivity contribution in [2.75, 3.05) is 13.2 Å². The first-order chi connectivity index (χ1) is 18.6. The quantitative estimate of drug-likeness (QED) is 0.314. The van der Waals surface area contributed by atoms with Gasteiger partial charge in [0.05, 0.1) is 24.6 Å². The van der Waals surface area contributed by atoms with Crippen LogP contribution in [0.1, 0.15) is 36.5 Å². The van der Waals surface area contributed by atoms with Crippen LogP contribution in [0.2, 0.25) is 10.0 Å².